The first-order valence-corrected chi connectivity index (χ1v) is 12.9. The largest absolute Gasteiger partial charge is 0.420 e. The Bertz CT molecular complexity index is 1350. The van der Waals surface area contributed by atoms with E-state index in [4.69, 9.17) is 4.42 Å². The van der Waals surface area contributed by atoms with Crippen molar-refractivity contribution in [3.63, 3.8) is 0 Å². The van der Waals surface area contributed by atoms with Crippen LogP contribution in [0.2, 0.25) is 0 Å². The zero-order valence-corrected chi connectivity index (χ0v) is 19.2. The third-order valence-corrected chi connectivity index (χ3v) is 8.44. The summed E-state index contributed by atoms with van der Waals surface area (Å²) in [7, 11) is -3.67. The first-order chi connectivity index (χ1) is 15.9. The van der Waals surface area contributed by atoms with Gasteiger partial charge in [-0.1, -0.05) is 31.0 Å². The zero-order chi connectivity index (χ0) is 23.0. The van der Waals surface area contributed by atoms with Gasteiger partial charge in [0.1, 0.15) is 6.54 Å². The predicted octanol–water partition coefficient (Wildman–Crippen LogP) is 3.14. The minimum Gasteiger partial charge on any atom is -0.408 e. The second-order valence-electron chi connectivity index (χ2n) is 8.68. The summed E-state index contributed by atoms with van der Waals surface area (Å²) in [6.45, 7) is 1.42. The van der Waals surface area contributed by atoms with E-state index in [0.29, 0.717) is 25.2 Å². The van der Waals surface area contributed by atoms with E-state index in [0.717, 1.165) is 49.8 Å². The van der Waals surface area contributed by atoms with Crippen molar-refractivity contribution in [2.45, 2.75) is 50.0 Å². The van der Waals surface area contributed by atoms with Crippen LogP contribution in [0.3, 0.4) is 0 Å². The Balaban J connectivity index is 1.43. The molecule has 174 valence electrons. The summed E-state index contributed by atoms with van der Waals surface area (Å²) in [6.07, 6.45) is 5.52. The van der Waals surface area contributed by atoms with E-state index < -0.39 is 15.8 Å². The number of sulfonamides is 1. The van der Waals surface area contributed by atoms with Crippen LogP contribution in [0.15, 0.2) is 56.6 Å². The fraction of sp³-hybridized carbons (Fsp3) is 0.417. The molecule has 1 fully saturated rings. The molecule has 2 aliphatic rings. The van der Waals surface area contributed by atoms with Gasteiger partial charge >= 0.3 is 5.76 Å². The van der Waals surface area contributed by atoms with E-state index >= 15 is 0 Å². The summed E-state index contributed by atoms with van der Waals surface area (Å²) < 4.78 is 34.4. The van der Waals surface area contributed by atoms with Crippen molar-refractivity contribution in [3.05, 3.63) is 58.6 Å². The molecule has 2 aromatic carbocycles. The number of carbonyl (C=O) groups is 1. The maximum absolute atomic E-state index is 13.1. The lowest BCUT2D eigenvalue weighted by Gasteiger charge is -2.29. The Morgan fingerprint density at radius 3 is 2.48 bits per heavy atom. The van der Waals surface area contributed by atoms with Crippen molar-refractivity contribution < 1.29 is 17.6 Å². The van der Waals surface area contributed by atoms with E-state index in [1.165, 1.54) is 21.0 Å². The molecule has 33 heavy (non-hydrogen) atoms. The van der Waals surface area contributed by atoms with Crippen LogP contribution in [0.5, 0.6) is 0 Å². The molecule has 3 heterocycles. The summed E-state index contributed by atoms with van der Waals surface area (Å²) in [5.41, 5.74) is 2.57. The van der Waals surface area contributed by atoms with Crippen LogP contribution >= 0.6 is 0 Å². The standard InChI is InChI=1S/C24H27N3O5S/c28-23(26-15-7-9-18-8-3-4-10-20(18)26)17-27-21-12-11-19(16-22(21)32-24(27)29)33(30,31)25-13-5-1-2-6-14-25/h3-4,8,10-12,16H,1-2,5-7,9,13-15,17H2. The fourth-order valence-electron chi connectivity index (χ4n) is 4.80. The molecule has 1 saturated heterocycles. The molecule has 3 aromatic rings. The van der Waals surface area contributed by atoms with Gasteiger partial charge in [0.25, 0.3) is 0 Å². The number of hydrogen-bond donors (Lipinski definition) is 0. The average molecular weight is 470 g/mol. The van der Waals surface area contributed by atoms with Crippen LogP contribution in [0.4, 0.5) is 5.69 Å². The number of oxazole rings is 1. The maximum Gasteiger partial charge on any atom is 0.420 e. The molecule has 5 rings (SSSR count). The van der Waals surface area contributed by atoms with E-state index in [1.54, 1.807) is 11.0 Å². The lowest BCUT2D eigenvalue weighted by atomic mass is 10.0. The first-order valence-electron chi connectivity index (χ1n) is 11.5. The molecule has 8 nitrogen and oxygen atoms in total. The van der Waals surface area contributed by atoms with Crippen molar-refractivity contribution in [2.24, 2.45) is 0 Å². The molecule has 1 amide bonds. The summed E-state index contributed by atoms with van der Waals surface area (Å²) >= 11 is 0. The Labute approximate surface area is 192 Å². The molecule has 2 aliphatic heterocycles. The molecule has 9 heteroatoms. The Morgan fingerprint density at radius 1 is 0.939 bits per heavy atom. The van der Waals surface area contributed by atoms with Crippen LogP contribution in [0, 0.1) is 0 Å². The summed E-state index contributed by atoms with van der Waals surface area (Å²) in [6, 6.07) is 12.2. The molecular weight excluding hydrogens is 442 g/mol. The monoisotopic (exact) mass is 469 g/mol. The lowest BCUT2D eigenvalue weighted by molar-refractivity contribution is -0.119. The maximum atomic E-state index is 13.1. The van der Waals surface area contributed by atoms with Gasteiger partial charge in [0.2, 0.25) is 15.9 Å². The summed E-state index contributed by atoms with van der Waals surface area (Å²) in [5.74, 6) is -0.874. The van der Waals surface area contributed by atoms with Gasteiger partial charge in [0, 0.05) is 31.4 Å². The second-order valence-corrected chi connectivity index (χ2v) is 10.6. The number of anilines is 1. The van der Waals surface area contributed by atoms with Gasteiger partial charge in [-0.2, -0.15) is 4.31 Å². The zero-order valence-electron chi connectivity index (χ0n) is 18.4. The number of para-hydroxylation sites is 1. The van der Waals surface area contributed by atoms with Crippen LogP contribution in [0.25, 0.3) is 11.1 Å². The molecule has 1 aromatic heterocycles. The second kappa shape index (κ2) is 8.79. The number of fused-ring (bicyclic) bond motifs is 2. The number of carbonyl (C=O) groups excluding carboxylic acids is 1. The summed E-state index contributed by atoms with van der Waals surface area (Å²) in [5, 5.41) is 0. The van der Waals surface area contributed by atoms with E-state index in [1.807, 2.05) is 24.3 Å². The lowest BCUT2D eigenvalue weighted by Crippen LogP contribution is -2.39. The molecule has 0 radical (unpaired) electrons. The van der Waals surface area contributed by atoms with Gasteiger partial charge in [0.05, 0.1) is 10.4 Å². The van der Waals surface area contributed by atoms with Crippen LogP contribution in [-0.4, -0.2) is 42.8 Å². The van der Waals surface area contributed by atoms with Gasteiger partial charge in [-0.15, -0.1) is 0 Å². The van der Waals surface area contributed by atoms with Gasteiger partial charge in [-0.25, -0.2) is 13.2 Å². The van der Waals surface area contributed by atoms with E-state index in [9.17, 15) is 18.0 Å². The number of amides is 1. The summed E-state index contributed by atoms with van der Waals surface area (Å²) in [4.78, 5) is 27.5. The molecule has 0 unspecified atom stereocenters. The van der Waals surface area contributed by atoms with E-state index in [-0.39, 0.29) is 22.9 Å². The fourth-order valence-corrected chi connectivity index (χ4v) is 6.33. The van der Waals surface area contributed by atoms with Crippen molar-refractivity contribution in [2.75, 3.05) is 24.5 Å². The topological polar surface area (TPSA) is 92.8 Å². The van der Waals surface area contributed by atoms with Crippen molar-refractivity contribution >= 4 is 32.7 Å². The first kappa shape index (κ1) is 21.9. The van der Waals surface area contributed by atoms with Gasteiger partial charge in [-0.3, -0.25) is 9.36 Å². The highest BCUT2D eigenvalue weighted by Crippen LogP contribution is 2.28. The third-order valence-electron chi connectivity index (χ3n) is 6.55. The van der Waals surface area contributed by atoms with Crippen LogP contribution < -0.4 is 10.7 Å². The minimum absolute atomic E-state index is 0.106. The quantitative estimate of drug-likeness (QED) is 0.585. The molecule has 0 saturated carbocycles. The predicted molar refractivity (Wildman–Crippen MR) is 125 cm³/mol. The Hall–Kier alpha value is -2.91. The molecule has 0 aliphatic carbocycles. The number of benzene rings is 2. The van der Waals surface area contributed by atoms with Gasteiger partial charge in [-0.05, 0) is 49.4 Å². The highest BCUT2D eigenvalue weighted by Gasteiger charge is 2.27. The molecule has 0 bridgehead atoms. The molecule has 0 atom stereocenters. The molecular formula is C24H27N3O5S. The Kier molecular flexibility index (Phi) is 5.84. The van der Waals surface area contributed by atoms with Crippen LogP contribution in [-0.2, 0) is 27.8 Å². The molecule has 0 spiro atoms. The number of rotatable bonds is 4. The number of nitrogens with zero attached hydrogens (tertiary/aromatic N) is 3. The van der Waals surface area contributed by atoms with Gasteiger partial charge in [0.15, 0.2) is 5.58 Å². The molecule has 0 N–H and O–H groups in total. The smallest absolute Gasteiger partial charge is 0.408 e. The van der Waals surface area contributed by atoms with Crippen LogP contribution in [0.1, 0.15) is 37.7 Å². The normalized spacial score (nSPS) is 17.6. The van der Waals surface area contributed by atoms with Gasteiger partial charge < -0.3 is 9.32 Å². The number of aromatic nitrogens is 1. The third kappa shape index (κ3) is 4.11. The Morgan fingerprint density at radius 2 is 1.70 bits per heavy atom. The van der Waals surface area contributed by atoms with Crippen molar-refractivity contribution in [3.8, 4) is 0 Å². The SMILES string of the molecule is O=C(Cn1c(=O)oc2cc(S(=O)(=O)N3CCCCCC3)ccc21)N1CCCc2ccccc21. The highest BCUT2D eigenvalue weighted by atomic mass is 32.2. The average Bonchev–Trinajstić information content (AvgIpc) is 2.99. The van der Waals surface area contributed by atoms with E-state index in [2.05, 4.69) is 0 Å². The number of aryl methyl sites for hydroxylation is 1. The number of hydrogen-bond acceptors (Lipinski definition) is 5. The minimum atomic E-state index is -3.67. The van der Waals surface area contributed by atoms with Crippen molar-refractivity contribution in [1.29, 1.82) is 0 Å². The highest BCUT2D eigenvalue weighted by molar-refractivity contribution is 7.89. The van der Waals surface area contributed by atoms with Crippen molar-refractivity contribution in [1.82, 2.24) is 8.87 Å².